The second kappa shape index (κ2) is 4.18. The second-order valence-corrected chi connectivity index (χ2v) is 4.79. The van der Waals surface area contributed by atoms with Gasteiger partial charge in [-0.3, -0.25) is 0 Å². The molecule has 3 fully saturated rings. The van der Waals surface area contributed by atoms with E-state index in [2.05, 4.69) is 19.8 Å². The van der Waals surface area contributed by atoms with Crippen LogP contribution >= 0.6 is 11.6 Å². The van der Waals surface area contributed by atoms with Crippen LogP contribution in [0.5, 0.6) is 0 Å². The fourth-order valence-electron chi connectivity index (χ4n) is 2.67. The molecule has 86 valence electrons. The zero-order valence-electron chi connectivity index (χ0n) is 9.14. The van der Waals surface area contributed by atoms with Gasteiger partial charge in [0.2, 0.25) is 0 Å². The van der Waals surface area contributed by atoms with Crippen molar-refractivity contribution in [2.75, 3.05) is 31.1 Å². The zero-order valence-corrected chi connectivity index (χ0v) is 9.90. The van der Waals surface area contributed by atoms with Crippen molar-refractivity contribution in [1.29, 1.82) is 0 Å². The predicted octanol–water partition coefficient (Wildman–Crippen LogP) is 1.41. The van der Waals surface area contributed by atoms with E-state index in [4.69, 9.17) is 11.6 Å². The van der Waals surface area contributed by atoms with E-state index in [-0.39, 0.29) is 0 Å². The summed E-state index contributed by atoms with van der Waals surface area (Å²) in [5.74, 6) is 0.859. The Bertz CT molecular complexity index is 376. The van der Waals surface area contributed by atoms with Crippen molar-refractivity contribution >= 4 is 17.4 Å². The van der Waals surface area contributed by atoms with Crippen molar-refractivity contribution in [3.8, 4) is 0 Å². The minimum atomic E-state index is 0.530. The fourth-order valence-corrected chi connectivity index (χ4v) is 2.89. The first-order valence-corrected chi connectivity index (χ1v) is 6.18. The number of nitrogens with zero attached hydrogens (tertiary/aromatic N) is 4. The normalized spacial score (nSPS) is 29.2. The number of piperidine rings is 1. The minimum Gasteiger partial charge on any atom is -0.350 e. The van der Waals surface area contributed by atoms with Crippen molar-refractivity contribution < 1.29 is 0 Å². The van der Waals surface area contributed by atoms with Crippen LogP contribution in [0.1, 0.15) is 12.8 Å². The first-order chi connectivity index (χ1) is 7.84. The molecule has 16 heavy (non-hydrogen) atoms. The van der Waals surface area contributed by atoms with Crippen molar-refractivity contribution in [2.24, 2.45) is 0 Å². The molecule has 0 saturated carbocycles. The highest BCUT2D eigenvalue weighted by Crippen LogP contribution is 2.28. The summed E-state index contributed by atoms with van der Waals surface area (Å²) in [6, 6.07) is 0.591. The molecule has 5 heteroatoms. The highest BCUT2D eigenvalue weighted by molar-refractivity contribution is 6.31. The topological polar surface area (TPSA) is 32.3 Å². The van der Waals surface area contributed by atoms with E-state index in [1.165, 1.54) is 25.9 Å². The Hall–Kier alpha value is -0.870. The molecule has 0 spiro atoms. The van der Waals surface area contributed by atoms with Gasteiger partial charge in [0, 0.05) is 44.6 Å². The maximum Gasteiger partial charge on any atom is 0.171 e. The van der Waals surface area contributed by atoms with Gasteiger partial charge in [0.1, 0.15) is 0 Å². The van der Waals surface area contributed by atoms with Gasteiger partial charge in [-0.25, -0.2) is 9.97 Å². The standard InChI is InChI=1S/C11H15ClN4/c12-10-11(14-4-3-13-10)16-8-7-15-5-1-9(16)2-6-15/h3-4,9H,1-2,5-8H2. The molecule has 0 unspecified atom stereocenters. The number of halogens is 1. The maximum absolute atomic E-state index is 6.12. The molecule has 4 rings (SSSR count). The third kappa shape index (κ3) is 1.76. The highest BCUT2D eigenvalue weighted by Gasteiger charge is 2.30. The minimum absolute atomic E-state index is 0.530. The maximum atomic E-state index is 6.12. The lowest BCUT2D eigenvalue weighted by Crippen LogP contribution is -2.38. The lowest BCUT2D eigenvalue weighted by atomic mass is 10.1. The number of hydrogen-bond donors (Lipinski definition) is 0. The molecule has 0 aromatic carbocycles. The van der Waals surface area contributed by atoms with Crippen LogP contribution in [0.25, 0.3) is 0 Å². The quantitative estimate of drug-likeness (QED) is 0.741. The van der Waals surface area contributed by atoms with Gasteiger partial charge in [-0.15, -0.1) is 0 Å². The predicted molar refractivity (Wildman–Crippen MR) is 63.9 cm³/mol. The van der Waals surface area contributed by atoms with Gasteiger partial charge in [0.15, 0.2) is 11.0 Å². The smallest absolute Gasteiger partial charge is 0.171 e. The summed E-state index contributed by atoms with van der Waals surface area (Å²) in [7, 11) is 0. The summed E-state index contributed by atoms with van der Waals surface area (Å²) in [6.45, 7) is 4.55. The van der Waals surface area contributed by atoms with Gasteiger partial charge in [0.25, 0.3) is 0 Å². The molecular weight excluding hydrogens is 224 g/mol. The summed E-state index contributed by atoms with van der Waals surface area (Å²) in [6.07, 6.45) is 5.79. The molecule has 0 radical (unpaired) electrons. The Labute approximate surface area is 100 Å². The summed E-state index contributed by atoms with van der Waals surface area (Å²) in [5.41, 5.74) is 0. The number of rotatable bonds is 1. The highest BCUT2D eigenvalue weighted by atomic mass is 35.5. The summed E-state index contributed by atoms with van der Waals surface area (Å²) >= 11 is 6.12. The van der Waals surface area contributed by atoms with Crippen LogP contribution in [-0.2, 0) is 0 Å². The second-order valence-electron chi connectivity index (χ2n) is 4.44. The summed E-state index contributed by atoms with van der Waals surface area (Å²) in [4.78, 5) is 13.3. The average Bonchev–Trinajstić information content (AvgIpc) is 2.63. The van der Waals surface area contributed by atoms with E-state index in [9.17, 15) is 0 Å². The van der Waals surface area contributed by atoms with Crippen LogP contribution in [0.2, 0.25) is 5.15 Å². The Kier molecular flexibility index (Phi) is 2.69. The number of fused-ring (bicyclic) bond motifs is 4. The van der Waals surface area contributed by atoms with Gasteiger partial charge in [-0.2, -0.15) is 0 Å². The monoisotopic (exact) mass is 238 g/mol. The molecule has 0 N–H and O–H groups in total. The molecule has 0 atom stereocenters. The van der Waals surface area contributed by atoms with Crippen LogP contribution in [0.3, 0.4) is 0 Å². The van der Waals surface area contributed by atoms with Crippen LogP contribution in [0.15, 0.2) is 12.4 Å². The molecule has 3 saturated heterocycles. The van der Waals surface area contributed by atoms with E-state index in [1.54, 1.807) is 12.4 Å². The third-order valence-electron chi connectivity index (χ3n) is 3.56. The lowest BCUT2D eigenvalue weighted by Gasteiger charge is -2.32. The first-order valence-electron chi connectivity index (χ1n) is 5.80. The van der Waals surface area contributed by atoms with E-state index >= 15 is 0 Å². The molecule has 4 heterocycles. The largest absolute Gasteiger partial charge is 0.350 e. The molecule has 0 aliphatic carbocycles. The number of anilines is 1. The van der Waals surface area contributed by atoms with Crippen LogP contribution in [-0.4, -0.2) is 47.1 Å². The summed E-state index contributed by atoms with van der Waals surface area (Å²) < 4.78 is 0. The number of hydrogen-bond acceptors (Lipinski definition) is 4. The Morgan fingerprint density at radius 1 is 1.06 bits per heavy atom. The zero-order chi connectivity index (χ0) is 11.0. The van der Waals surface area contributed by atoms with Gasteiger partial charge in [-0.1, -0.05) is 11.6 Å². The molecule has 1 aromatic heterocycles. The Balaban J connectivity index is 1.91. The van der Waals surface area contributed by atoms with E-state index in [0.717, 1.165) is 18.9 Å². The van der Waals surface area contributed by atoms with Gasteiger partial charge < -0.3 is 9.80 Å². The van der Waals surface area contributed by atoms with Gasteiger partial charge in [-0.05, 0) is 12.8 Å². The third-order valence-corrected chi connectivity index (χ3v) is 3.83. The molecule has 3 aliphatic heterocycles. The van der Waals surface area contributed by atoms with E-state index < -0.39 is 0 Å². The molecule has 2 bridgehead atoms. The molecule has 3 aliphatic rings. The van der Waals surface area contributed by atoms with Crippen molar-refractivity contribution in [2.45, 2.75) is 18.9 Å². The van der Waals surface area contributed by atoms with Crippen molar-refractivity contribution in [1.82, 2.24) is 14.9 Å². The first kappa shape index (κ1) is 10.3. The van der Waals surface area contributed by atoms with Crippen LogP contribution in [0, 0.1) is 0 Å². The van der Waals surface area contributed by atoms with Crippen molar-refractivity contribution in [3.63, 3.8) is 0 Å². The SMILES string of the molecule is Clc1nccnc1N1CCN2CCC1CC2. The van der Waals surface area contributed by atoms with Crippen LogP contribution < -0.4 is 4.90 Å². The molecule has 1 aromatic rings. The van der Waals surface area contributed by atoms with Crippen LogP contribution in [0.4, 0.5) is 5.82 Å². The average molecular weight is 239 g/mol. The Morgan fingerprint density at radius 2 is 1.81 bits per heavy atom. The number of aromatic nitrogens is 2. The molecular formula is C11H15ClN4. The Morgan fingerprint density at radius 3 is 2.56 bits per heavy atom. The van der Waals surface area contributed by atoms with E-state index in [1.807, 2.05) is 0 Å². The van der Waals surface area contributed by atoms with Crippen molar-refractivity contribution in [3.05, 3.63) is 17.5 Å². The molecule has 0 amide bonds. The molecule has 4 nitrogen and oxygen atoms in total. The fraction of sp³-hybridized carbons (Fsp3) is 0.636. The van der Waals surface area contributed by atoms with Gasteiger partial charge >= 0.3 is 0 Å². The van der Waals surface area contributed by atoms with Gasteiger partial charge in [0.05, 0.1) is 0 Å². The summed E-state index contributed by atoms with van der Waals surface area (Å²) in [5, 5.41) is 0.530. The lowest BCUT2D eigenvalue weighted by molar-refractivity contribution is 0.250. The van der Waals surface area contributed by atoms with E-state index in [0.29, 0.717) is 11.2 Å².